The predicted octanol–water partition coefficient (Wildman–Crippen LogP) is 5.98. The molecular formula is C27H42NO4+. The van der Waals surface area contributed by atoms with Gasteiger partial charge >= 0.3 is 0 Å². The summed E-state index contributed by atoms with van der Waals surface area (Å²) < 4.78 is 18.1. The fourth-order valence-corrected chi connectivity index (χ4v) is 5.96. The first kappa shape index (κ1) is 23.4. The summed E-state index contributed by atoms with van der Waals surface area (Å²) in [6.45, 7) is 1.25. The number of carbonyl (C=O) groups excluding carboxylic acids is 1. The lowest BCUT2D eigenvalue weighted by atomic mass is 9.82. The molecule has 1 aromatic rings. The SMILES string of the molecule is COc1c2c(cc3c1[C@H](CC(=O)C1CCCCCCCCCCC1)[N+](C)(C)CC3)OCO2. The zero-order valence-corrected chi connectivity index (χ0v) is 20.4. The molecular weight excluding hydrogens is 402 g/mol. The summed E-state index contributed by atoms with van der Waals surface area (Å²) in [6.07, 6.45) is 15.4. The van der Waals surface area contributed by atoms with Crippen LogP contribution in [0.2, 0.25) is 0 Å². The average Bonchev–Trinajstić information content (AvgIpc) is 3.23. The lowest BCUT2D eigenvalue weighted by Gasteiger charge is -2.43. The number of fused-ring (bicyclic) bond motifs is 2. The molecule has 0 bridgehead atoms. The van der Waals surface area contributed by atoms with E-state index in [1.54, 1.807) is 7.11 Å². The summed E-state index contributed by atoms with van der Waals surface area (Å²) in [5.41, 5.74) is 2.41. The average molecular weight is 445 g/mol. The van der Waals surface area contributed by atoms with Gasteiger partial charge in [0, 0.05) is 12.3 Å². The van der Waals surface area contributed by atoms with Crippen molar-refractivity contribution in [2.45, 2.75) is 89.5 Å². The van der Waals surface area contributed by atoms with E-state index in [2.05, 4.69) is 20.2 Å². The second kappa shape index (κ2) is 10.5. The molecule has 5 heteroatoms. The third-order valence-electron chi connectivity index (χ3n) is 8.04. The number of hydrogen-bond acceptors (Lipinski definition) is 4. The summed E-state index contributed by atoms with van der Waals surface area (Å²) in [6, 6.07) is 2.21. The van der Waals surface area contributed by atoms with Crippen molar-refractivity contribution in [3.05, 3.63) is 17.2 Å². The first-order valence-electron chi connectivity index (χ1n) is 12.9. The van der Waals surface area contributed by atoms with Gasteiger partial charge in [0.25, 0.3) is 0 Å². The standard InChI is InChI=1S/C27H42NO4/c1-28(2)16-15-21-17-24-26(32-19-31-24)27(30-3)25(21)22(28)18-23(29)20-13-11-9-7-5-4-6-8-10-12-14-20/h17,20,22H,4-16,18-19H2,1-3H3/q+1/t22-/m0/s1. The molecule has 2 heterocycles. The predicted molar refractivity (Wildman–Crippen MR) is 126 cm³/mol. The molecule has 0 radical (unpaired) electrons. The molecule has 1 saturated carbocycles. The maximum absolute atomic E-state index is 13.7. The Hall–Kier alpha value is -1.75. The molecule has 0 unspecified atom stereocenters. The normalized spacial score (nSPS) is 24.2. The molecule has 0 saturated heterocycles. The van der Waals surface area contributed by atoms with E-state index in [9.17, 15) is 4.79 Å². The molecule has 178 valence electrons. The first-order chi connectivity index (χ1) is 15.5. The molecule has 5 nitrogen and oxygen atoms in total. The number of hydrogen-bond donors (Lipinski definition) is 0. The molecule has 0 amide bonds. The topological polar surface area (TPSA) is 44.8 Å². The Balaban J connectivity index is 1.56. The zero-order chi connectivity index (χ0) is 22.6. The van der Waals surface area contributed by atoms with E-state index < -0.39 is 0 Å². The van der Waals surface area contributed by atoms with Crippen LogP contribution < -0.4 is 14.2 Å². The third-order valence-corrected chi connectivity index (χ3v) is 8.04. The maximum atomic E-state index is 13.7. The van der Waals surface area contributed by atoms with E-state index in [4.69, 9.17) is 14.2 Å². The van der Waals surface area contributed by atoms with Gasteiger partial charge in [-0.25, -0.2) is 0 Å². The van der Waals surface area contributed by atoms with Gasteiger partial charge in [-0.1, -0.05) is 57.8 Å². The van der Waals surface area contributed by atoms with Gasteiger partial charge in [-0.05, 0) is 24.5 Å². The van der Waals surface area contributed by atoms with E-state index in [1.165, 1.54) is 63.4 Å². The molecule has 0 N–H and O–H groups in total. The van der Waals surface area contributed by atoms with Crippen LogP contribution in [0.1, 0.15) is 94.2 Å². The van der Waals surface area contributed by atoms with Gasteiger partial charge in [0.05, 0.1) is 39.7 Å². The van der Waals surface area contributed by atoms with E-state index in [0.29, 0.717) is 18.0 Å². The highest BCUT2D eigenvalue weighted by atomic mass is 16.7. The van der Waals surface area contributed by atoms with Gasteiger partial charge in [-0.2, -0.15) is 0 Å². The number of carbonyl (C=O) groups is 1. The number of Topliss-reactive ketones (excluding diaryl/α,β-unsaturated/α-hetero) is 1. The molecule has 2 aliphatic heterocycles. The monoisotopic (exact) mass is 444 g/mol. The lowest BCUT2D eigenvalue weighted by Crippen LogP contribution is -2.49. The number of methoxy groups -OCH3 is 1. The fourth-order valence-electron chi connectivity index (χ4n) is 5.96. The maximum Gasteiger partial charge on any atom is 0.231 e. The quantitative estimate of drug-likeness (QED) is 0.536. The summed E-state index contributed by atoms with van der Waals surface area (Å²) in [7, 11) is 6.22. The van der Waals surface area contributed by atoms with Gasteiger partial charge in [0.1, 0.15) is 11.8 Å². The number of likely N-dealkylation sites (N-methyl/N-ethyl adjacent to an activating group) is 1. The number of ketones is 1. The van der Waals surface area contributed by atoms with Crippen LogP contribution in [0.4, 0.5) is 0 Å². The van der Waals surface area contributed by atoms with E-state index in [-0.39, 0.29) is 18.8 Å². The highest BCUT2D eigenvalue weighted by Crippen LogP contribution is 2.51. The van der Waals surface area contributed by atoms with Crippen LogP contribution in [-0.4, -0.2) is 44.8 Å². The minimum absolute atomic E-state index is 0.0945. The van der Waals surface area contributed by atoms with Crippen LogP contribution in [0.5, 0.6) is 17.2 Å². The van der Waals surface area contributed by atoms with Crippen LogP contribution in [0.15, 0.2) is 6.07 Å². The Morgan fingerprint density at radius 1 is 1.00 bits per heavy atom. The largest absolute Gasteiger partial charge is 0.492 e. The number of nitrogens with zero attached hydrogens (tertiary/aromatic N) is 1. The van der Waals surface area contributed by atoms with Crippen molar-refractivity contribution in [2.75, 3.05) is 34.5 Å². The number of ether oxygens (including phenoxy) is 3. The zero-order valence-electron chi connectivity index (χ0n) is 20.4. The molecule has 4 rings (SSSR count). The Labute approximate surface area is 194 Å². The molecule has 1 fully saturated rings. The summed E-state index contributed by atoms with van der Waals surface area (Å²) in [4.78, 5) is 13.7. The number of quaternary nitrogens is 1. The molecule has 1 atom stereocenters. The number of benzene rings is 1. The van der Waals surface area contributed by atoms with Crippen molar-refractivity contribution in [3.8, 4) is 17.2 Å². The molecule has 32 heavy (non-hydrogen) atoms. The van der Waals surface area contributed by atoms with E-state index in [1.807, 2.05) is 0 Å². The van der Waals surface area contributed by atoms with Crippen LogP contribution in [-0.2, 0) is 11.2 Å². The number of rotatable bonds is 4. The Bertz CT molecular complexity index is 791. The molecule has 1 aromatic carbocycles. The van der Waals surface area contributed by atoms with Gasteiger partial charge in [0.15, 0.2) is 11.5 Å². The van der Waals surface area contributed by atoms with Crippen molar-refractivity contribution >= 4 is 5.78 Å². The van der Waals surface area contributed by atoms with Crippen molar-refractivity contribution in [1.82, 2.24) is 0 Å². The van der Waals surface area contributed by atoms with Crippen molar-refractivity contribution in [1.29, 1.82) is 0 Å². The fraction of sp³-hybridized carbons (Fsp3) is 0.741. The third kappa shape index (κ3) is 5.08. The summed E-state index contributed by atoms with van der Waals surface area (Å²) in [5.74, 6) is 2.91. The summed E-state index contributed by atoms with van der Waals surface area (Å²) in [5, 5.41) is 0. The second-order valence-corrected chi connectivity index (χ2v) is 10.6. The molecule has 3 aliphatic rings. The van der Waals surface area contributed by atoms with E-state index in [0.717, 1.165) is 47.4 Å². The van der Waals surface area contributed by atoms with Crippen molar-refractivity contribution in [2.24, 2.45) is 5.92 Å². The minimum atomic E-state index is 0.0945. The van der Waals surface area contributed by atoms with Gasteiger partial charge in [-0.15, -0.1) is 0 Å². The lowest BCUT2D eigenvalue weighted by molar-refractivity contribution is -0.922. The van der Waals surface area contributed by atoms with E-state index >= 15 is 0 Å². The highest BCUT2D eigenvalue weighted by molar-refractivity contribution is 5.82. The van der Waals surface area contributed by atoms with Crippen molar-refractivity contribution < 1.29 is 23.5 Å². The first-order valence-corrected chi connectivity index (χ1v) is 12.9. The molecule has 0 aromatic heterocycles. The minimum Gasteiger partial charge on any atom is -0.492 e. The van der Waals surface area contributed by atoms with Crippen LogP contribution >= 0.6 is 0 Å². The van der Waals surface area contributed by atoms with Crippen molar-refractivity contribution in [3.63, 3.8) is 0 Å². The Kier molecular flexibility index (Phi) is 7.65. The van der Waals surface area contributed by atoms with Gasteiger partial charge in [-0.3, -0.25) is 4.79 Å². The highest BCUT2D eigenvalue weighted by Gasteiger charge is 2.42. The van der Waals surface area contributed by atoms with Gasteiger partial charge < -0.3 is 18.7 Å². The Morgan fingerprint density at radius 3 is 2.25 bits per heavy atom. The second-order valence-electron chi connectivity index (χ2n) is 10.6. The van der Waals surface area contributed by atoms with Crippen LogP contribution in [0.3, 0.4) is 0 Å². The summed E-state index contributed by atoms with van der Waals surface area (Å²) >= 11 is 0. The van der Waals surface area contributed by atoms with Gasteiger partial charge in [0.2, 0.25) is 12.5 Å². The van der Waals surface area contributed by atoms with Crippen LogP contribution in [0, 0.1) is 5.92 Å². The van der Waals surface area contributed by atoms with Crippen LogP contribution in [0.25, 0.3) is 0 Å². The Morgan fingerprint density at radius 2 is 1.62 bits per heavy atom. The molecule has 1 aliphatic carbocycles. The smallest absolute Gasteiger partial charge is 0.231 e. The molecule has 0 spiro atoms.